The molecular weight excluding hydrogens is 246 g/mol. The molecule has 0 aliphatic carbocycles. The van der Waals surface area contributed by atoms with Crippen molar-refractivity contribution in [1.82, 2.24) is 10.2 Å². The molecule has 2 aromatic rings. The number of hydrogen-bond donors (Lipinski definition) is 2. The normalized spacial score (nSPS) is 10.7. The van der Waals surface area contributed by atoms with Crippen LogP contribution in [0.5, 0.6) is 0 Å². The molecule has 4 nitrogen and oxygen atoms in total. The largest absolute Gasteiger partial charge is 0.396 e. The monoisotopic (exact) mass is 263 g/mol. The van der Waals surface area contributed by atoms with E-state index in [1.807, 2.05) is 36.0 Å². The molecule has 0 unspecified atom stereocenters. The molecule has 1 heterocycles. The van der Waals surface area contributed by atoms with Crippen molar-refractivity contribution in [3.05, 3.63) is 30.5 Å². The van der Waals surface area contributed by atoms with Crippen molar-refractivity contribution in [2.75, 3.05) is 30.0 Å². The van der Waals surface area contributed by atoms with E-state index in [4.69, 9.17) is 5.11 Å². The molecule has 0 bridgehead atoms. The van der Waals surface area contributed by atoms with Crippen LogP contribution in [0.15, 0.2) is 30.5 Å². The number of rotatable bonds is 7. The van der Waals surface area contributed by atoms with E-state index in [-0.39, 0.29) is 6.61 Å². The molecule has 0 atom stereocenters. The molecule has 1 aromatic carbocycles. The third-order valence-electron chi connectivity index (χ3n) is 2.56. The van der Waals surface area contributed by atoms with Gasteiger partial charge in [-0.25, -0.2) is 0 Å². The second-order valence-electron chi connectivity index (χ2n) is 3.90. The van der Waals surface area contributed by atoms with Crippen LogP contribution in [0.3, 0.4) is 0 Å². The SMILES string of the molecule is OCCCSCCNc1nncc2ccccc12. The molecule has 0 fully saturated rings. The molecule has 96 valence electrons. The van der Waals surface area contributed by atoms with E-state index in [1.165, 1.54) is 0 Å². The van der Waals surface area contributed by atoms with Crippen LogP contribution in [0, 0.1) is 0 Å². The number of nitrogens with one attached hydrogen (secondary N) is 1. The summed E-state index contributed by atoms with van der Waals surface area (Å²) in [4.78, 5) is 0. The van der Waals surface area contributed by atoms with Crippen LogP contribution in [0.4, 0.5) is 5.82 Å². The standard InChI is InChI=1S/C13H17N3OS/c17-7-3-8-18-9-6-14-13-12-5-2-1-4-11(12)10-15-16-13/h1-2,4-5,10,17H,3,6-9H2,(H,14,16). The van der Waals surface area contributed by atoms with Gasteiger partial charge in [0, 0.05) is 29.7 Å². The van der Waals surface area contributed by atoms with E-state index in [0.717, 1.165) is 41.1 Å². The molecule has 5 heteroatoms. The number of aromatic nitrogens is 2. The van der Waals surface area contributed by atoms with E-state index in [1.54, 1.807) is 6.20 Å². The Balaban J connectivity index is 1.88. The van der Waals surface area contributed by atoms with Gasteiger partial charge < -0.3 is 10.4 Å². The van der Waals surface area contributed by atoms with Gasteiger partial charge in [-0.2, -0.15) is 16.9 Å². The molecule has 0 aliphatic rings. The maximum absolute atomic E-state index is 8.67. The Kier molecular flexibility index (Phi) is 5.23. The van der Waals surface area contributed by atoms with E-state index < -0.39 is 0 Å². The molecular formula is C13H17N3OS. The maximum Gasteiger partial charge on any atom is 0.156 e. The minimum Gasteiger partial charge on any atom is -0.396 e. The molecule has 0 aliphatic heterocycles. The van der Waals surface area contributed by atoms with Crippen molar-refractivity contribution in [3.63, 3.8) is 0 Å². The first-order valence-corrected chi connectivity index (χ1v) is 7.20. The molecule has 0 amide bonds. The Morgan fingerprint density at radius 1 is 1.22 bits per heavy atom. The topological polar surface area (TPSA) is 58.0 Å². The van der Waals surface area contributed by atoms with Gasteiger partial charge in [-0.05, 0) is 12.2 Å². The van der Waals surface area contributed by atoms with E-state index in [0.29, 0.717) is 0 Å². The lowest BCUT2D eigenvalue weighted by Crippen LogP contribution is -2.07. The number of thioether (sulfide) groups is 1. The summed E-state index contributed by atoms with van der Waals surface area (Å²) in [5.41, 5.74) is 0. The van der Waals surface area contributed by atoms with E-state index in [2.05, 4.69) is 15.5 Å². The Hall–Kier alpha value is -1.33. The molecule has 0 saturated heterocycles. The van der Waals surface area contributed by atoms with Crippen molar-refractivity contribution >= 4 is 28.4 Å². The molecule has 1 aromatic heterocycles. The number of aliphatic hydroxyl groups excluding tert-OH is 1. The lowest BCUT2D eigenvalue weighted by atomic mass is 10.2. The second kappa shape index (κ2) is 7.18. The predicted octanol–water partition coefficient (Wildman–Crippen LogP) is 2.16. The fourth-order valence-corrected chi connectivity index (χ4v) is 2.45. The van der Waals surface area contributed by atoms with Gasteiger partial charge in [0.1, 0.15) is 0 Å². The summed E-state index contributed by atoms with van der Waals surface area (Å²) in [6.07, 6.45) is 2.63. The van der Waals surface area contributed by atoms with Crippen LogP contribution < -0.4 is 5.32 Å². The van der Waals surface area contributed by atoms with Crippen LogP contribution in [0.25, 0.3) is 10.8 Å². The zero-order valence-corrected chi connectivity index (χ0v) is 11.0. The van der Waals surface area contributed by atoms with Crippen molar-refractivity contribution < 1.29 is 5.11 Å². The fourth-order valence-electron chi connectivity index (χ4n) is 1.67. The van der Waals surface area contributed by atoms with Gasteiger partial charge in [0.25, 0.3) is 0 Å². The smallest absolute Gasteiger partial charge is 0.156 e. The van der Waals surface area contributed by atoms with Gasteiger partial charge in [-0.1, -0.05) is 24.3 Å². The minimum atomic E-state index is 0.273. The van der Waals surface area contributed by atoms with Crippen molar-refractivity contribution in [3.8, 4) is 0 Å². The van der Waals surface area contributed by atoms with E-state index in [9.17, 15) is 0 Å². The summed E-state index contributed by atoms with van der Waals surface area (Å²) in [5, 5.41) is 22.3. The minimum absolute atomic E-state index is 0.273. The number of hydrogen-bond acceptors (Lipinski definition) is 5. The lowest BCUT2D eigenvalue weighted by Gasteiger charge is -2.07. The van der Waals surface area contributed by atoms with Gasteiger partial charge in [-0.15, -0.1) is 5.10 Å². The predicted molar refractivity (Wildman–Crippen MR) is 77.1 cm³/mol. The highest BCUT2D eigenvalue weighted by atomic mass is 32.2. The van der Waals surface area contributed by atoms with Gasteiger partial charge in [0.2, 0.25) is 0 Å². The van der Waals surface area contributed by atoms with Gasteiger partial charge in [0.15, 0.2) is 5.82 Å². The lowest BCUT2D eigenvalue weighted by molar-refractivity contribution is 0.296. The molecule has 2 N–H and O–H groups in total. The molecule has 18 heavy (non-hydrogen) atoms. The Morgan fingerprint density at radius 3 is 3.00 bits per heavy atom. The summed E-state index contributed by atoms with van der Waals surface area (Å²) in [6.45, 7) is 1.13. The third-order valence-corrected chi connectivity index (χ3v) is 3.63. The molecule has 2 rings (SSSR count). The fraction of sp³-hybridized carbons (Fsp3) is 0.385. The third kappa shape index (κ3) is 3.58. The van der Waals surface area contributed by atoms with E-state index >= 15 is 0 Å². The van der Waals surface area contributed by atoms with Crippen LogP contribution in [-0.4, -0.2) is 40.0 Å². The number of benzene rings is 1. The highest BCUT2D eigenvalue weighted by Crippen LogP contribution is 2.19. The Morgan fingerprint density at radius 2 is 2.11 bits per heavy atom. The quantitative estimate of drug-likeness (QED) is 0.750. The number of aliphatic hydroxyl groups is 1. The summed E-state index contributed by atoms with van der Waals surface area (Å²) < 4.78 is 0. The average molecular weight is 263 g/mol. The zero-order chi connectivity index (χ0) is 12.6. The summed E-state index contributed by atoms with van der Waals surface area (Å²) in [5.74, 6) is 2.85. The highest BCUT2D eigenvalue weighted by molar-refractivity contribution is 7.99. The van der Waals surface area contributed by atoms with Crippen LogP contribution >= 0.6 is 11.8 Å². The number of fused-ring (bicyclic) bond motifs is 1. The summed E-state index contributed by atoms with van der Waals surface area (Å²) >= 11 is 1.83. The van der Waals surface area contributed by atoms with Crippen LogP contribution in [0.1, 0.15) is 6.42 Å². The first-order chi connectivity index (χ1) is 8.92. The molecule has 0 spiro atoms. The van der Waals surface area contributed by atoms with Crippen LogP contribution in [-0.2, 0) is 0 Å². The zero-order valence-electron chi connectivity index (χ0n) is 10.2. The summed E-state index contributed by atoms with van der Waals surface area (Å²) in [6, 6.07) is 8.08. The van der Waals surface area contributed by atoms with Crippen molar-refractivity contribution in [1.29, 1.82) is 0 Å². The van der Waals surface area contributed by atoms with Gasteiger partial charge in [-0.3, -0.25) is 0 Å². The maximum atomic E-state index is 8.67. The number of anilines is 1. The first kappa shape index (κ1) is 13.1. The highest BCUT2D eigenvalue weighted by Gasteiger charge is 2.01. The van der Waals surface area contributed by atoms with Crippen LogP contribution in [0.2, 0.25) is 0 Å². The number of nitrogens with zero attached hydrogens (tertiary/aromatic N) is 2. The Labute approximate surface area is 111 Å². The van der Waals surface area contributed by atoms with Crippen molar-refractivity contribution in [2.24, 2.45) is 0 Å². The van der Waals surface area contributed by atoms with Gasteiger partial charge in [0.05, 0.1) is 6.20 Å². The van der Waals surface area contributed by atoms with Crippen molar-refractivity contribution in [2.45, 2.75) is 6.42 Å². The van der Waals surface area contributed by atoms with Gasteiger partial charge >= 0.3 is 0 Å². The average Bonchev–Trinajstić information content (AvgIpc) is 2.43. The molecule has 0 saturated carbocycles. The first-order valence-electron chi connectivity index (χ1n) is 6.04. The molecule has 0 radical (unpaired) electrons. The summed E-state index contributed by atoms with van der Waals surface area (Å²) in [7, 11) is 0. The second-order valence-corrected chi connectivity index (χ2v) is 5.12. The Bertz CT molecular complexity index is 487.